The van der Waals surface area contributed by atoms with E-state index >= 15 is 0 Å². The van der Waals surface area contributed by atoms with Gasteiger partial charge in [-0.2, -0.15) is 0 Å². The monoisotopic (exact) mass is 376 g/mol. The highest BCUT2D eigenvalue weighted by Gasteiger charge is 2.47. The minimum absolute atomic E-state index is 0.00918. The van der Waals surface area contributed by atoms with Gasteiger partial charge in [0, 0.05) is 30.1 Å². The Morgan fingerprint density at radius 1 is 1.30 bits per heavy atom. The zero-order chi connectivity index (χ0) is 19.6. The van der Waals surface area contributed by atoms with Crippen molar-refractivity contribution in [3.05, 3.63) is 23.8 Å². The van der Waals surface area contributed by atoms with Crippen molar-refractivity contribution < 1.29 is 19.4 Å². The standard InChI is InChI=1S/C21H32N2O4/c1-15(2)27-17-7-6-16(12-18(17)26-4)20(25)23-11-9-21(14-24)8-5-10-22(3)19(21)13-23/h6-7,12,15,19,24H,5,8-11,13-14H2,1-4H3/t19-,21-/m1/s1. The van der Waals surface area contributed by atoms with E-state index in [1.807, 2.05) is 18.7 Å². The van der Waals surface area contributed by atoms with Crippen molar-refractivity contribution in [2.75, 3.05) is 40.4 Å². The first kappa shape index (κ1) is 20.0. The molecule has 2 aliphatic heterocycles. The van der Waals surface area contributed by atoms with Crippen LogP contribution in [0.2, 0.25) is 0 Å². The molecule has 0 unspecified atom stereocenters. The Balaban J connectivity index is 1.78. The fourth-order valence-corrected chi connectivity index (χ4v) is 4.54. The van der Waals surface area contributed by atoms with E-state index in [2.05, 4.69) is 11.9 Å². The highest BCUT2D eigenvalue weighted by atomic mass is 16.5. The van der Waals surface area contributed by atoms with Crippen LogP contribution < -0.4 is 9.47 Å². The number of fused-ring (bicyclic) bond motifs is 1. The second-order valence-electron chi connectivity index (χ2n) is 8.15. The Bertz CT molecular complexity index is 678. The van der Waals surface area contributed by atoms with Gasteiger partial charge in [-0.25, -0.2) is 0 Å². The van der Waals surface area contributed by atoms with Gasteiger partial charge in [0.2, 0.25) is 0 Å². The lowest BCUT2D eigenvalue weighted by Crippen LogP contribution is -2.62. The summed E-state index contributed by atoms with van der Waals surface area (Å²) in [7, 11) is 3.69. The van der Waals surface area contributed by atoms with Crippen LogP contribution in [-0.4, -0.2) is 73.4 Å². The molecule has 0 spiro atoms. The van der Waals surface area contributed by atoms with Gasteiger partial charge in [0.1, 0.15) is 0 Å². The van der Waals surface area contributed by atoms with Crippen LogP contribution in [-0.2, 0) is 0 Å². The van der Waals surface area contributed by atoms with Crippen molar-refractivity contribution in [1.29, 1.82) is 0 Å². The number of hydrogen-bond donors (Lipinski definition) is 1. The highest BCUT2D eigenvalue weighted by molar-refractivity contribution is 5.95. The van der Waals surface area contributed by atoms with Crippen LogP contribution in [0.3, 0.4) is 0 Å². The molecule has 1 N–H and O–H groups in total. The van der Waals surface area contributed by atoms with Gasteiger partial charge in [-0.15, -0.1) is 0 Å². The van der Waals surface area contributed by atoms with Crippen molar-refractivity contribution in [3.8, 4) is 11.5 Å². The van der Waals surface area contributed by atoms with Gasteiger partial charge >= 0.3 is 0 Å². The maximum Gasteiger partial charge on any atom is 0.254 e. The van der Waals surface area contributed by atoms with E-state index in [1.165, 1.54) is 0 Å². The average molecular weight is 376 g/mol. The van der Waals surface area contributed by atoms with Gasteiger partial charge in [0.25, 0.3) is 5.91 Å². The number of hydrogen-bond acceptors (Lipinski definition) is 5. The van der Waals surface area contributed by atoms with Crippen LogP contribution in [0.1, 0.15) is 43.5 Å². The van der Waals surface area contributed by atoms with E-state index < -0.39 is 0 Å². The van der Waals surface area contributed by atoms with Crippen LogP contribution in [0.4, 0.5) is 0 Å². The number of benzene rings is 1. The van der Waals surface area contributed by atoms with E-state index in [-0.39, 0.29) is 30.1 Å². The van der Waals surface area contributed by atoms with Crippen LogP contribution in [0.25, 0.3) is 0 Å². The van der Waals surface area contributed by atoms with E-state index in [9.17, 15) is 9.90 Å². The summed E-state index contributed by atoms with van der Waals surface area (Å²) >= 11 is 0. The Morgan fingerprint density at radius 2 is 2.07 bits per heavy atom. The zero-order valence-corrected chi connectivity index (χ0v) is 16.9. The maximum atomic E-state index is 13.1. The Morgan fingerprint density at radius 3 is 2.74 bits per heavy atom. The number of ether oxygens (including phenoxy) is 2. The van der Waals surface area contributed by atoms with Gasteiger partial charge in [-0.3, -0.25) is 4.79 Å². The molecule has 0 aliphatic carbocycles. The topological polar surface area (TPSA) is 62.2 Å². The zero-order valence-electron chi connectivity index (χ0n) is 16.9. The normalized spacial score (nSPS) is 26.0. The second kappa shape index (κ2) is 8.07. The number of amides is 1. The number of nitrogens with zero attached hydrogens (tertiary/aromatic N) is 2. The van der Waals surface area contributed by atoms with E-state index in [4.69, 9.17) is 9.47 Å². The Hall–Kier alpha value is -1.79. The number of likely N-dealkylation sites (tertiary alicyclic amines) is 2. The van der Waals surface area contributed by atoms with Crippen molar-refractivity contribution in [3.63, 3.8) is 0 Å². The molecule has 2 aliphatic rings. The molecule has 2 heterocycles. The van der Waals surface area contributed by atoms with Gasteiger partial charge in [-0.05, 0) is 64.9 Å². The molecule has 1 aromatic rings. The average Bonchev–Trinajstić information content (AvgIpc) is 2.67. The molecule has 3 rings (SSSR count). The van der Waals surface area contributed by atoms with Crippen molar-refractivity contribution in [2.24, 2.45) is 5.41 Å². The lowest BCUT2D eigenvalue weighted by atomic mass is 9.69. The van der Waals surface area contributed by atoms with Crippen LogP contribution >= 0.6 is 0 Å². The fourth-order valence-electron chi connectivity index (χ4n) is 4.54. The number of carbonyl (C=O) groups excluding carboxylic acids is 1. The third-order valence-corrected chi connectivity index (χ3v) is 6.07. The summed E-state index contributed by atoms with van der Waals surface area (Å²) in [5.74, 6) is 1.23. The smallest absolute Gasteiger partial charge is 0.254 e. The summed E-state index contributed by atoms with van der Waals surface area (Å²) in [6.07, 6.45) is 3.03. The van der Waals surface area contributed by atoms with Gasteiger partial charge in [0.05, 0.1) is 19.8 Å². The molecule has 1 amide bonds. The molecule has 150 valence electrons. The lowest BCUT2D eigenvalue weighted by Gasteiger charge is -2.53. The summed E-state index contributed by atoms with van der Waals surface area (Å²) in [5, 5.41) is 10.0. The molecular weight excluding hydrogens is 344 g/mol. The third kappa shape index (κ3) is 3.92. The fraction of sp³-hybridized carbons (Fsp3) is 0.667. The Labute approximate surface area is 162 Å². The minimum Gasteiger partial charge on any atom is -0.493 e. The van der Waals surface area contributed by atoms with Gasteiger partial charge in [-0.1, -0.05) is 0 Å². The first-order valence-corrected chi connectivity index (χ1v) is 9.85. The molecule has 2 saturated heterocycles. The Kier molecular flexibility index (Phi) is 5.96. The number of piperidine rings is 2. The molecule has 6 nitrogen and oxygen atoms in total. The second-order valence-corrected chi connectivity index (χ2v) is 8.15. The van der Waals surface area contributed by atoms with Crippen molar-refractivity contribution >= 4 is 5.91 Å². The molecular formula is C21H32N2O4. The van der Waals surface area contributed by atoms with Crippen LogP contribution in [0.5, 0.6) is 11.5 Å². The van der Waals surface area contributed by atoms with Gasteiger partial charge < -0.3 is 24.4 Å². The molecule has 0 bridgehead atoms. The predicted molar refractivity (Wildman–Crippen MR) is 104 cm³/mol. The van der Waals surface area contributed by atoms with E-state index in [1.54, 1.807) is 25.3 Å². The van der Waals surface area contributed by atoms with Crippen molar-refractivity contribution in [1.82, 2.24) is 9.80 Å². The third-order valence-electron chi connectivity index (χ3n) is 6.07. The molecule has 0 radical (unpaired) electrons. The van der Waals surface area contributed by atoms with Crippen LogP contribution in [0, 0.1) is 5.41 Å². The summed E-state index contributed by atoms with van der Waals surface area (Å²) < 4.78 is 11.2. The van der Waals surface area contributed by atoms with Gasteiger partial charge in [0.15, 0.2) is 11.5 Å². The lowest BCUT2D eigenvalue weighted by molar-refractivity contribution is -0.0601. The number of carbonyl (C=O) groups is 1. The molecule has 0 aromatic heterocycles. The number of aliphatic hydroxyl groups is 1. The SMILES string of the molecule is COc1cc(C(=O)N2CC[C@@]3(CO)CCCN(C)[C@@H]3C2)ccc1OC(C)C. The first-order valence-electron chi connectivity index (χ1n) is 9.85. The minimum atomic E-state index is -0.0730. The number of rotatable bonds is 5. The molecule has 27 heavy (non-hydrogen) atoms. The summed E-state index contributed by atoms with van der Waals surface area (Å²) in [4.78, 5) is 17.3. The quantitative estimate of drug-likeness (QED) is 0.855. The highest BCUT2D eigenvalue weighted by Crippen LogP contribution is 2.42. The molecule has 6 heteroatoms. The maximum absolute atomic E-state index is 13.1. The van der Waals surface area contributed by atoms with Crippen LogP contribution in [0.15, 0.2) is 18.2 Å². The number of methoxy groups -OCH3 is 1. The largest absolute Gasteiger partial charge is 0.493 e. The summed E-state index contributed by atoms with van der Waals surface area (Å²) in [6, 6.07) is 5.58. The summed E-state index contributed by atoms with van der Waals surface area (Å²) in [5.41, 5.74) is 0.536. The molecule has 1 aromatic carbocycles. The summed E-state index contributed by atoms with van der Waals surface area (Å²) in [6.45, 7) is 6.46. The predicted octanol–water partition coefficient (Wildman–Crippen LogP) is 2.40. The molecule has 2 atom stereocenters. The van der Waals surface area contributed by atoms with E-state index in [0.717, 1.165) is 25.8 Å². The first-order chi connectivity index (χ1) is 12.9. The number of aliphatic hydroxyl groups excluding tert-OH is 1. The molecule has 0 saturated carbocycles. The molecule has 2 fully saturated rings. The number of likely N-dealkylation sites (N-methyl/N-ethyl adjacent to an activating group) is 1. The van der Waals surface area contributed by atoms with E-state index in [0.29, 0.717) is 30.2 Å². The van der Waals surface area contributed by atoms with Crippen molar-refractivity contribution in [2.45, 2.75) is 45.3 Å².